The molecule has 1 aromatic heterocycles. The molecule has 94 valence electrons. The van der Waals surface area contributed by atoms with E-state index in [1.807, 2.05) is 4.68 Å². The summed E-state index contributed by atoms with van der Waals surface area (Å²) < 4.78 is 6.68. The van der Waals surface area contributed by atoms with Crippen LogP contribution in [-0.2, 0) is 4.74 Å². The van der Waals surface area contributed by atoms with Gasteiger partial charge in [-0.2, -0.15) is 0 Å². The summed E-state index contributed by atoms with van der Waals surface area (Å²) in [6.07, 6.45) is 4.72. The minimum absolute atomic E-state index is 0.222. The van der Waals surface area contributed by atoms with Crippen LogP contribution in [0, 0.1) is 0 Å². The lowest BCUT2D eigenvalue weighted by Gasteiger charge is -2.15. The molecule has 0 atom stereocenters. The molecule has 0 radical (unpaired) electrons. The Bertz CT molecular complexity index is 406. The number of carbonyl (C=O) groups is 1. The lowest BCUT2D eigenvalue weighted by Crippen LogP contribution is -2.14. The van der Waals surface area contributed by atoms with Gasteiger partial charge in [-0.1, -0.05) is 31.9 Å². The third-order valence-electron chi connectivity index (χ3n) is 3.33. The van der Waals surface area contributed by atoms with Crippen molar-refractivity contribution < 1.29 is 9.53 Å². The minimum atomic E-state index is -0.391. The van der Waals surface area contributed by atoms with Gasteiger partial charge in [0.1, 0.15) is 0 Å². The van der Waals surface area contributed by atoms with Crippen LogP contribution in [0.2, 0.25) is 0 Å². The monoisotopic (exact) mass is 237 g/mol. The van der Waals surface area contributed by atoms with Gasteiger partial charge in [-0.25, -0.2) is 9.48 Å². The summed E-state index contributed by atoms with van der Waals surface area (Å²) >= 11 is 0. The summed E-state index contributed by atoms with van der Waals surface area (Å²) in [7, 11) is 1.38. The van der Waals surface area contributed by atoms with E-state index in [1.54, 1.807) is 0 Å². The fourth-order valence-corrected chi connectivity index (χ4v) is 2.50. The Morgan fingerprint density at radius 3 is 2.59 bits per heavy atom. The van der Waals surface area contributed by atoms with E-state index in [0.29, 0.717) is 11.7 Å². The van der Waals surface area contributed by atoms with Gasteiger partial charge in [0.15, 0.2) is 5.69 Å². The first-order valence-electron chi connectivity index (χ1n) is 6.18. The fourth-order valence-electron chi connectivity index (χ4n) is 2.50. The van der Waals surface area contributed by atoms with Gasteiger partial charge in [-0.3, -0.25) is 0 Å². The van der Waals surface area contributed by atoms with Gasteiger partial charge in [-0.15, -0.1) is 5.10 Å². The van der Waals surface area contributed by atoms with E-state index in [1.165, 1.54) is 20.0 Å². The highest BCUT2D eigenvalue weighted by Gasteiger charge is 2.27. The first kappa shape index (κ1) is 12.1. The number of hydrogen-bond acceptors (Lipinski definition) is 4. The molecule has 5 heteroatoms. The number of nitrogens with zero attached hydrogens (tertiary/aromatic N) is 3. The van der Waals surface area contributed by atoms with Crippen molar-refractivity contribution in [1.29, 1.82) is 0 Å². The van der Waals surface area contributed by atoms with Crippen LogP contribution in [0.5, 0.6) is 0 Å². The molecule has 0 N–H and O–H groups in total. The average molecular weight is 237 g/mol. The van der Waals surface area contributed by atoms with Crippen molar-refractivity contribution >= 4 is 5.97 Å². The Kier molecular flexibility index (Phi) is 3.45. The molecule has 0 amide bonds. The van der Waals surface area contributed by atoms with Crippen LogP contribution in [-0.4, -0.2) is 28.1 Å². The van der Waals surface area contributed by atoms with Crippen LogP contribution in [0.15, 0.2) is 0 Å². The third-order valence-corrected chi connectivity index (χ3v) is 3.33. The summed E-state index contributed by atoms with van der Waals surface area (Å²) in [5.41, 5.74) is 1.28. The maximum atomic E-state index is 11.6. The third kappa shape index (κ3) is 2.18. The number of ether oxygens (including phenoxy) is 1. The van der Waals surface area contributed by atoms with E-state index in [9.17, 15) is 4.79 Å². The highest BCUT2D eigenvalue weighted by molar-refractivity contribution is 5.88. The molecule has 0 spiro atoms. The topological polar surface area (TPSA) is 57.0 Å². The smallest absolute Gasteiger partial charge is 0.360 e. The fraction of sp³-hybridized carbons (Fsp3) is 0.750. The quantitative estimate of drug-likeness (QED) is 0.757. The lowest BCUT2D eigenvalue weighted by molar-refractivity contribution is 0.0592. The summed E-state index contributed by atoms with van der Waals surface area (Å²) in [5, 5.41) is 8.15. The SMILES string of the molecule is COC(=O)c1nnn(C2CCCC2)c1C(C)C. The van der Waals surface area contributed by atoms with Crippen molar-refractivity contribution in [2.75, 3.05) is 7.11 Å². The van der Waals surface area contributed by atoms with Crippen molar-refractivity contribution in [3.63, 3.8) is 0 Å². The van der Waals surface area contributed by atoms with Crippen LogP contribution in [0.1, 0.15) is 67.7 Å². The highest BCUT2D eigenvalue weighted by Crippen LogP contribution is 2.32. The first-order valence-corrected chi connectivity index (χ1v) is 6.18. The Morgan fingerprint density at radius 1 is 1.41 bits per heavy atom. The van der Waals surface area contributed by atoms with E-state index in [-0.39, 0.29) is 5.92 Å². The number of hydrogen-bond donors (Lipinski definition) is 0. The van der Waals surface area contributed by atoms with Crippen LogP contribution in [0.4, 0.5) is 0 Å². The molecule has 17 heavy (non-hydrogen) atoms. The van der Waals surface area contributed by atoms with Gasteiger partial charge in [-0.05, 0) is 18.8 Å². The van der Waals surface area contributed by atoms with Gasteiger partial charge in [0.2, 0.25) is 0 Å². The molecule has 1 saturated carbocycles. The minimum Gasteiger partial charge on any atom is -0.464 e. The van der Waals surface area contributed by atoms with Crippen LogP contribution in [0.25, 0.3) is 0 Å². The standard InChI is InChI=1S/C12H19N3O2/c1-8(2)11-10(12(16)17-3)13-14-15(11)9-6-4-5-7-9/h8-9H,4-7H2,1-3H3. The number of rotatable bonds is 3. The second-order valence-corrected chi connectivity index (χ2v) is 4.85. The molecule has 0 aliphatic heterocycles. The average Bonchev–Trinajstić information content (AvgIpc) is 2.95. The molecule has 0 unspecified atom stereocenters. The number of esters is 1. The van der Waals surface area contributed by atoms with Crippen molar-refractivity contribution in [3.05, 3.63) is 11.4 Å². The molecular formula is C12H19N3O2. The molecule has 1 aliphatic rings. The van der Waals surface area contributed by atoms with Crippen LogP contribution >= 0.6 is 0 Å². The maximum Gasteiger partial charge on any atom is 0.360 e. The number of carbonyl (C=O) groups excluding carboxylic acids is 1. The Hall–Kier alpha value is -1.39. The molecule has 1 aliphatic carbocycles. The van der Waals surface area contributed by atoms with E-state index in [4.69, 9.17) is 4.74 Å². The van der Waals surface area contributed by atoms with Gasteiger partial charge < -0.3 is 4.74 Å². The Balaban J connectivity index is 2.38. The molecule has 5 nitrogen and oxygen atoms in total. The molecule has 1 fully saturated rings. The second-order valence-electron chi connectivity index (χ2n) is 4.85. The van der Waals surface area contributed by atoms with Gasteiger partial charge in [0, 0.05) is 0 Å². The summed E-state index contributed by atoms with van der Waals surface area (Å²) in [6.45, 7) is 4.10. The normalized spacial score (nSPS) is 16.7. The molecule has 1 aromatic rings. The van der Waals surface area contributed by atoms with Crippen molar-refractivity contribution in [3.8, 4) is 0 Å². The van der Waals surface area contributed by atoms with E-state index in [0.717, 1.165) is 18.5 Å². The summed E-state index contributed by atoms with van der Waals surface area (Å²) in [5.74, 6) is -0.169. The lowest BCUT2D eigenvalue weighted by atomic mass is 10.1. The highest BCUT2D eigenvalue weighted by atomic mass is 16.5. The van der Waals surface area contributed by atoms with Crippen molar-refractivity contribution in [2.45, 2.75) is 51.5 Å². The molecule has 1 heterocycles. The molecular weight excluding hydrogens is 218 g/mol. The van der Waals surface area contributed by atoms with Crippen LogP contribution < -0.4 is 0 Å². The van der Waals surface area contributed by atoms with Gasteiger partial charge >= 0.3 is 5.97 Å². The van der Waals surface area contributed by atoms with Crippen LogP contribution in [0.3, 0.4) is 0 Å². The predicted octanol–water partition coefficient (Wildman–Crippen LogP) is 2.30. The van der Waals surface area contributed by atoms with Gasteiger partial charge in [0.25, 0.3) is 0 Å². The number of methoxy groups -OCH3 is 1. The Labute approximate surface area is 101 Å². The molecule has 0 bridgehead atoms. The van der Waals surface area contributed by atoms with Gasteiger partial charge in [0.05, 0.1) is 18.8 Å². The zero-order chi connectivity index (χ0) is 12.4. The van der Waals surface area contributed by atoms with E-state index >= 15 is 0 Å². The largest absolute Gasteiger partial charge is 0.464 e. The molecule has 2 rings (SSSR count). The molecule has 0 aromatic carbocycles. The van der Waals surface area contributed by atoms with Crippen molar-refractivity contribution in [1.82, 2.24) is 15.0 Å². The molecule has 0 saturated heterocycles. The maximum absolute atomic E-state index is 11.6. The second kappa shape index (κ2) is 4.85. The zero-order valence-corrected chi connectivity index (χ0v) is 10.6. The van der Waals surface area contributed by atoms with Crippen molar-refractivity contribution in [2.24, 2.45) is 0 Å². The van der Waals surface area contributed by atoms with E-state index < -0.39 is 5.97 Å². The Morgan fingerprint density at radius 2 is 2.06 bits per heavy atom. The predicted molar refractivity (Wildman–Crippen MR) is 63.0 cm³/mol. The van der Waals surface area contributed by atoms with E-state index in [2.05, 4.69) is 24.2 Å². The first-order chi connectivity index (χ1) is 8.15. The number of aromatic nitrogens is 3. The summed E-state index contributed by atoms with van der Waals surface area (Å²) in [6, 6.07) is 0.401. The summed E-state index contributed by atoms with van der Waals surface area (Å²) in [4.78, 5) is 11.6. The zero-order valence-electron chi connectivity index (χ0n) is 10.6.